The second kappa shape index (κ2) is 9.44. The van der Waals surface area contributed by atoms with E-state index < -0.39 is 28.9 Å². The number of nitrogens with zero attached hydrogens (tertiary/aromatic N) is 3. The molecule has 2 aliphatic heterocycles. The third kappa shape index (κ3) is 4.02. The van der Waals surface area contributed by atoms with Crippen LogP contribution >= 0.6 is 11.6 Å². The number of likely N-dealkylation sites (tertiary alicyclic amines) is 1. The van der Waals surface area contributed by atoms with Crippen molar-refractivity contribution in [3.8, 4) is 11.3 Å². The standard InChI is InChI=1S/C28H20ClN3O6/c29-18-11-12-20(21(15-18)32(35)36)22-13-14-23(37-22)25-24-26(38-31(25)19-9-5-2-6-10-19)28(34)30(27(24)33)16-17-7-3-1-4-8-17/h1-15,24-26H,16H2/t24-,25-,26-/m0/s1. The van der Waals surface area contributed by atoms with E-state index >= 15 is 0 Å². The third-order valence-electron chi connectivity index (χ3n) is 6.74. The number of fused-ring (bicyclic) bond motifs is 1. The maximum Gasteiger partial charge on any atom is 0.281 e. The molecule has 9 nitrogen and oxygen atoms in total. The van der Waals surface area contributed by atoms with Crippen LogP contribution in [0.1, 0.15) is 17.4 Å². The third-order valence-corrected chi connectivity index (χ3v) is 6.98. The Bertz CT molecular complexity index is 1540. The summed E-state index contributed by atoms with van der Waals surface area (Å²) in [7, 11) is 0. The number of nitro benzene ring substituents is 1. The van der Waals surface area contributed by atoms with Crippen LogP contribution < -0.4 is 5.06 Å². The van der Waals surface area contributed by atoms with Crippen molar-refractivity contribution in [3.63, 3.8) is 0 Å². The van der Waals surface area contributed by atoms with Gasteiger partial charge in [-0.15, -0.1) is 0 Å². The van der Waals surface area contributed by atoms with Gasteiger partial charge in [0.15, 0.2) is 6.10 Å². The van der Waals surface area contributed by atoms with Gasteiger partial charge in [-0.2, -0.15) is 0 Å². The molecule has 3 heterocycles. The van der Waals surface area contributed by atoms with Crippen LogP contribution in [0, 0.1) is 16.0 Å². The monoisotopic (exact) mass is 529 g/mol. The van der Waals surface area contributed by atoms with Gasteiger partial charge in [-0.05, 0) is 42.0 Å². The van der Waals surface area contributed by atoms with Gasteiger partial charge in [0, 0.05) is 11.1 Å². The van der Waals surface area contributed by atoms with Crippen LogP contribution in [0.15, 0.2) is 95.4 Å². The Kier molecular flexibility index (Phi) is 5.94. The predicted octanol–water partition coefficient (Wildman–Crippen LogP) is 5.55. The molecule has 6 rings (SSSR count). The summed E-state index contributed by atoms with van der Waals surface area (Å²) in [5.74, 6) is -1.10. The minimum Gasteiger partial charge on any atom is -0.458 e. The lowest BCUT2D eigenvalue weighted by atomic mass is 9.94. The number of anilines is 1. The maximum absolute atomic E-state index is 13.7. The van der Waals surface area contributed by atoms with E-state index in [1.807, 2.05) is 48.5 Å². The number of benzene rings is 3. The Labute approximate surface area is 221 Å². The number of carbonyl (C=O) groups is 2. The van der Waals surface area contributed by atoms with E-state index in [2.05, 4.69) is 0 Å². The molecule has 2 saturated heterocycles. The normalized spacial score (nSPS) is 20.7. The first-order valence-electron chi connectivity index (χ1n) is 11.9. The molecule has 4 aromatic rings. The Morgan fingerprint density at radius 2 is 1.61 bits per heavy atom. The van der Waals surface area contributed by atoms with E-state index in [1.54, 1.807) is 24.3 Å². The zero-order valence-electron chi connectivity index (χ0n) is 19.8. The van der Waals surface area contributed by atoms with Crippen molar-refractivity contribution in [2.24, 2.45) is 5.92 Å². The molecule has 0 saturated carbocycles. The number of carbonyl (C=O) groups excluding carboxylic acids is 2. The molecule has 0 radical (unpaired) electrons. The zero-order valence-corrected chi connectivity index (χ0v) is 20.5. The summed E-state index contributed by atoms with van der Waals surface area (Å²) in [6, 6.07) is 25.1. The number of halogens is 1. The number of rotatable bonds is 6. The van der Waals surface area contributed by atoms with Gasteiger partial charge in [0.2, 0.25) is 5.91 Å². The highest BCUT2D eigenvalue weighted by Gasteiger charge is 2.60. The number of hydrogen-bond donors (Lipinski definition) is 0. The summed E-state index contributed by atoms with van der Waals surface area (Å²) in [6.45, 7) is 0.132. The molecule has 0 N–H and O–H groups in total. The Morgan fingerprint density at radius 1 is 0.895 bits per heavy atom. The van der Waals surface area contributed by atoms with Crippen LogP contribution in [0.3, 0.4) is 0 Å². The maximum atomic E-state index is 13.7. The van der Waals surface area contributed by atoms with E-state index in [0.717, 1.165) is 5.56 Å². The van der Waals surface area contributed by atoms with Crippen molar-refractivity contribution < 1.29 is 23.8 Å². The van der Waals surface area contributed by atoms with E-state index in [0.29, 0.717) is 11.4 Å². The molecule has 3 aromatic carbocycles. The summed E-state index contributed by atoms with van der Waals surface area (Å²) in [5, 5.41) is 13.4. The van der Waals surface area contributed by atoms with Gasteiger partial charge in [0.25, 0.3) is 11.6 Å². The average Bonchev–Trinajstić information content (AvgIpc) is 3.62. The van der Waals surface area contributed by atoms with Gasteiger partial charge >= 0.3 is 0 Å². The van der Waals surface area contributed by atoms with Gasteiger partial charge in [0.05, 0.1) is 22.7 Å². The smallest absolute Gasteiger partial charge is 0.281 e. The van der Waals surface area contributed by atoms with E-state index in [4.69, 9.17) is 20.9 Å². The van der Waals surface area contributed by atoms with E-state index in [9.17, 15) is 19.7 Å². The van der Waals surface area contributed by atoms with Crippen molar-refractivity contribution >= 4 is 34.8 Å². The fourth-order valence-corrected chi connectivity index (χ4v) is 5.17. The summed E-state index contributed by atoms with van der Waals surface area (Å²) in [6.07, 6.45) is -1.03. The lowest BCUT2D eigenvalue weighted by molar-refractivity contribution is -0.384. The summed E-state index contributed by atoms with van der Waals surface area (Å²) in [5.41, 5.74) is 1.49. The first-order chi connectivity index (χ1) is 18.4. The highest BCUT2D eigenvalue weighted by molar-refractivity contribution is 6.30. The second-order valence-electron chi connectivity index (χ2n) is 9.03. The summed E-state index contributed by atoms with van der Waals surface area (Å²) in [4.78, 5) is 45.5. The van der Waals surface area contributed by atoms with Gasteiger partial charge in [0.1, 0.15) is 23.5 Å². The number of para-hydroxylation sites is 1. The highest BCUT2D eigenvalue weighted by atomic mass is 35.5. The van der Waals surface area contributed by atoms with Crippen molar-refractivity contribution in [2.75, 3.05) is 5.06 Å². The Hall–Kier alpha value is -4.47. The molecular weight excluding hydrogens is 510 g/mol. The fourth-order valence-electron chi connectivity index (χ4n) is 5.00. The van der Waals surface area contributed by atoms with Crippen LogP contribution in [0.5, 0.6) is 0 Å². The quantitative estimate of drug-likeness (QED) is 0.183. The van der Waals surface area contributed by atoms with Gasteiger partial charge < -0.3 is 4.42 Å². The summed E-state index contributed by atoms with van der Waals surface area (Å²) < 4.78 is 6.13. The van der Waals surface area contributed by atoms with Gasteiger partial charge in [-0.3, -0.25) is 29.4 Å². The lowest BCUT2D eigenvalue weighted by Gasteiger charge is -2.27. The molecule has 3 atom stereocenters. The molecule has 2 amide bonds. The van der Waals surface area contributed by atoms with Crippen LogP contribution in [0.25, 0.3) is 11.3 Å². The molecule has 190 valence electrons. The number of hydrogen-bond acceptors (Lipinski definition) is 7. The van der Waals surface area contributed by atoms with Crippen LogP contribution in [0.2, 0.25) is 5.02 Å². The largest absolute Gasteiger partial charge is 0.458 e. The van der Waals surface area contributed by atoms with Gasteiger partial charge in [-0.25, -0.2) is 5.06 Å². The minimum absolute atomic E-state index is 0.132. The second-order valence-corrected chi connectivity index (χ2v) is 9.46. The molecule has 0 bridgehead atoms. The minimum atomic E-state index is -1.03. The first-order valence-corrected chi connectivity index (χ1v) is 12.2. The molecule has 1 aromatic heterocycles. The predicted molar refractivity (Wildman–Crippen MR) is 138 cm³/mol. The number of imide groups is 1. The van der Waals surface area contributed by atoms with Crippen molar-refractivity contribution in [1.29, 1.82) is 0 Å². The molecule has 2 aliphatic rings. The molecule has 38 heavy (non-hydrogen) atoms. The zero-order chi connectivity index (χ0) is 26.4. The molecule has 0 spiro atoms. The van der Waals surface area contributed by atoms with Gasteiger partial charge in [-0.1, -0.05) is 60.1 Å². The van der Waals surface area contributed by atoms with E-state index in [1.165, 1.54) is 28.2 Å². The molecular formula is C28H20ClN3O6. The summed E-state index contributed by atoms with van der Waals surface area (Å²) >= 11 is 5.97. The highest BCUT2D eigenvalue weighted by Crippen LogP contribution is 2.48. The van der Waals surface area contributed by atoms with Crippen molar-refractivity contribution in [2.45, 2.75) is 18.7 Å². The number of hydroxylamine groups is 1. The van der Waals surface area contributed by atoms with Crippen LogP contribution in [-0.4, -0.2) is 27.7 Å². The number of amides is 2. The fraction of sp³-hybridized carbons (Fsp3) is 0.143. The molecule has 0 unspecified atom stereocenters. The molecule has 2 fully saturated rings. The Balaban J connectivity index is 1.40. The average molecular weight is 530 g/mol. The SMILES string of the molecule is O=C1[C@@H]2[C@H](ON(c3ccccc3)[C@H]2c2ccc(-c3ccc(Cl)cc3[N+](=O)[O-])o2)C(=O)N1Cc1ccccc1. The number of furan rings is 1. The Morgan fingerprint density at radius 3 is 2.32 bits per heavy atom. The van der Waals surface area contributed by atoms with Crippen LogP contribution in [0.4, 0.5) is 11.4 Å². The first kappa shape index (κ1) is 23.9. The van der Waals surface area contributed by atoms with Crippen molar-refractivity contribution in [1.82, 2.24) is 4.90 Å². The number of nitro groups is 1. The molecule has 0 aliphatic carbocycles. The topological polar surface area (TPSA) is 106 Å². The van der Waals surface area contributed by atoms with Crippen molar-refractivity contribution in [3.05, 3.63) is 117 Å². The molecule has 10 heteroatoms. The lowest BCUT2D eigenvalue weighted by Crippen LogP contribution is -2.36. The van der Waals surface area contributed by atoms with Crippen LogP contribution in [-0.2, 0) is 21.0 Å². The van der Waals surface area contributed by atoms with E-state index in [-0.39, 0.29) is 34.5 Å².